The SMILES string of the molecule is Cc1ccccc1C(CN)(CCc1ccsc1)C(=O)O. The largest absolute Gasteiger partial charge is 0.481 e. The molecule has 1 aromatic heterocycles. The number of hydrogen-bond acceptors (Lipinski definition) is 3. The van der Waals surface area contributed by atoms with Gasteiger partial charge in [-0.05, 0) is 53.3 Å². The predicted molar refractivity (Wildman–Crippen MR) is 82.2 cm³/mol. The second kappa shape index (κ2) is 6.20. The van der Waals surface area contributed by atoms with Crippen LogP contribution in [0.5, 0.6) is 0 Å². The van der Waals surface area contributed by atoms with E-state index in [1.807, 2.05) is 42.6 Å². The fraction of sp³-hybridized carbons (Fsp3) is 0.312. The minimum absolute atomic E-state index is 0.108. The summed E-state index contributed by atoms with van der Waals surface area (Å²) in [7, 11) is 0. The first kappa shape index (κ1) is 14.8. The van der Waals surface area contributed by atoms with Crippen LogP contribution in [0.2, 0.25) is 0 Å². The molecular formula is C16H19NO2S. The lowest BCUT2D eigenvalue weighted by atomic mass is 9.74. The zero-order valence-corrected chi connectivity index (χ0v) is 12.3. The summed E-state index contributed by atoms with van der Waals surface area (Å²) in [5.74, 6) is -0.843. The molecule has 0 saturated heterocycles. The Bertz CT molecular complexity index is 580. The van der Waals surface area contributed by atoms with Crippen molar-refractivity contribution in [2.75, 3.05) is 6.54 Å². The van der Waals surface area contributed by atoms with E-state index in [4.69, 9.17) is 5.73 Å². The smallest absolute Gasteiger partial charge is 0.315 e. The zero-order valence-electron chi connectivity index (χ0n) is 11.5. The normalized spacial score (nSPS) is 13.9. The Hall–Kier alpha value is -1.65. The Balaban J connectivity index is 2.35. The molecule has 4 heteroatoms. The fourth-order valence-corrected chi connectivity index (χ4v) is 3.26. The summed E-state index contributed by atoms with van der Waals surface area (Å²) in [4.78, 5) is 11.9. The first-order chi connectivity index (χ1) is 9.60. The third-order valence-corrected chi connectivity index (χ3v) is 4.57. The van der Waals surface area contributed by atoms with E-state index >= 15 is 0 Å². The van der Waals surface area contributed by atoms with Gasteiger partial charge in [-0.2, -0.15) is 11.3 Å². The molecule has 1 atom stereocenters. The average molecular weight is 289 g/mol. The van der Waals surface area contributed by atoms with Gasteiger partial charge in [-0.3, -0.25) is 4.79 Å². The van der Waals surface area contributed by atoms with Crippen molar-refractivity contribution in [3.8, 4) is 0 Å². The van der Waals surface area contributed by atoms with Crippen LogP contribution < -0.4 is 5.73 Å². The van der Waals surface area contributed by atoms with Crippen molar-refractivity contribution in [1.29, 1.82) is 0 Å². The molecule has 0 aliphatic rings. The minimum Gasteiger partial charge on any atom is -0.481 e. The van der Waals surface area contributed by atoms with Gasteiger partial charge in [0.1, 0.15) is 5.41 Å². The van der Waals surface area contributed by atoms with E-state index in [9.17, 15) is 9.90 Å². The topological polar surface area (TPSA) is 63.3 Å². The standard InChI is InChI=1S/C16H19NO2S/c1-12-4-2-3-5-14(12)16(11-17,15(18)19)8-6-13-7-9-20-10-13/h2-5,7,9-10H,6,8,11,17H2,1H3,(H,18,19). The molecule has 0 bridgehead atoms. The maximum atomic E-state index is 11.9. The van der Waals surface area contributed by atoms with Crippen molar-refractivity contribution in [3.05, 3.63) is 57.8 Å². The van der Waals surface area contributed by atoms with Crippen molar-refractivity contribution in [3.63, 3.8) is 0 Å². The average Bonchev–Trinajstić information content (AvgIpc) is 2.94. The molecule has 0 aliphatic heterocycles. The van der Waals surface area contributed by atoms with Gasteiger partial charge in [-0.1, -0.05) is 24.3 Å². The number of carboxylic acids is 1. The molecule has 0 aliphatic carbocycles. The van der Waals surface area contributed by atoms with Crippen LogP contribution in [0.3, 0.4) is 0 Å². The van der Waals surface area contributed by atoms with Crippen LogP contribution in [-0.2, 0) is 16.6 Å². The predicted octanol–water partition coefficient (Wildman–Crippen LogP) is 2.97. The number of nitrogens with two attached hydrogens (primary N) is 1. The van der Waals surface area contributed by atoms with Crippen molar-refractivity contribution in [2.24, 2.45) is 5.73 Å². The van der Waals surface area contributed by atoms with E-state index in [1.54, 1.807) is 11.3 Å². The van der Waals surface area contributed by atoms with Crippen LogP contribution in [0.15, 0.2) is 41.1 Å². The lowest BCUT2D eigenvalue weighted by Crippen LogP contribution is -2.44. The van der Waals surface area contributed by atoms with Gasteiger partial charge in [0.05, 0.1) is 0 Å². The fourth-order valence-electron chi connectivity index (χ4n) is 2.56. The maximum absolute atomic E-state index is 11.9. The molecule has 0 saturated carbocycles. The van der Waals surface area contributed by atoms with E-state index in [2.05, 4.69) is 5.38 Å². The summed E-state index contributed by atoms with van der Waals surface area (Å²) in [5, 5.41) is 13.8. The van der Waals surface area contributed by atoms with Gasteiger partial charge in [0.2, 0.25) is 0 Å². The summed E-state index contributed by atoms with van der Waals surface area (Å²) in [6, 6.07) is 9.64. The number of aliphatic carboxylic acids is 1. The van der Waals surface area contributed by atoms with Crippen LogP contribution in [0.1, 0.15) is 23.1 Å². The summed E-state index contributed by atoms with van der Waals surface area (Å²) >= 11 is 1.63. The Morgan fingerprint density at radius 1 is 1.35 bits per heavy atom. The molecule has 1 unspecified atom stereocenters. The summed E-state index contributed by atoms with van der Waals surface area (Å²) in [6.45, 7) is 2.05. The van der Waals surface area contributed by atoms with Crippen molar-refractivity contribution in [1.82, 2.24) is 0 Å². The highest BCUT2D eigenvalue weighted by Crippen LogP contribution is 2.32. The highest BCUT2D eigenvalue weighted by atomic mass is 32.1. The second-order valence-electron chi connectivity index (χ2n) is 5.04. The molecule has 1 heterocycles. The molecule has 0 radical (unpaired) electrons. The molecule has 2 aromatic rings. The Morgan fingerprint density at radius 3 is 2.65 bits per heavy atom. The van der Waals surface area contributed by atoms with Crippen molar-refractivity contribution >= 4 is 17.3 Å². The lowest BCUT2D eigenvalue weighted by Gasteiger charge is -2.30. The van der Waals surface area contributed by atoms with Gasteiger partial charge in [0.15, 0.2) is 0 Å². The Morgan fingerprint density at radius 2 is 2.10 bits per heavy atom. The van der Waals surface area contributed by atoms with Crippen molar-refractivity contribution < 1.29 is 9.90 Å². The molecule has 0 fully saturated rings. The summed E-state index contributed by atoms with van der Waals surface area (Å²) in [6.07, 6.45) is 1.24. The number of hydrogen-bond donors (Lipinski definition) is 2. The number of rotatable bonds is 6. The van der Waals surface area contributed by atoms with Gasteiger partial charge in [0.25, 0.3) is 0 Å². The maximum Gasteiger partial charge on any atom is 0.315 e. The highest BCUT2D eigenvalue weighted by Gasteiger charge is 2.39. The number of thiophene rings is 1. The number of benzene rings is 1. The van der Waals surface area contributed by atoms with Crippen LogP contribution >= 0.6 is 11.3 Å². The quantitative estimate of drug-likeness (QED) is 0.859. The van der Waals surface area contributed by atoms with Gasteiger partial charge >= 0.3 is 5.97 Å². The summed E-state index contributed by atoms with van der Waals surface area (Å²) in [5.41, 5.74) is 7.84. The van der Waals surface area contributed by atoms with Crippen molar-refractivity contribution in [2.45, 2.75) is 25.2 Å². The zero-order chi connectivity index (χ0) is 14.6. The number of carboxylic acid groups (broad SMARTS) is 1. The van der Waals surface area contributed by atoms with Gasteiger partial charge in [-0.15, -0.1) is 0 Å². The third kappa shape index (κ3) is 2.76. The molecule has 20 heavy (non-hydrogen) atoms. The first-order valence-corrected chi connectivity index (χ1v) is 7.55. The monoisotopic (exact) mass is 289 g/mol. The molecule has 106 valence electrons. The summed E-state index contributed by atoms with van der Waals surface area (Å²) < 4.78 is 0. The van der Waals surface area contributed by atoms with Crippen LogP contribution in [0, 0.1) is 6.92 Å². The first-order valence-electron chi connectivity index (χ1n) is 6.61. The highest BCUT2D eigenvalue weighted by molar-refractivity contribution is 7.07. The molecule has 3 nitrogen and oxygen atoms in total. The molecule has 0 spiro atoms. The van der Waals surface area contributed by atoms with Gasteiger partial charge < -0.3 is 10.8 Å². The molecule has 2 rings (SSSR count). The van der Waals surface area contributed by atoms with E-state index < -0.39 is 11.4 Å². The van der Waals surface area contributed by atoms with E-state index in [-0.39, 0.29) is 6.54 Å². The molecule has 3 N–H and O–H groups in total. The number of aryl methyl sites for hydroxylation is 2. The molecule has 1 aromatic carbocycles. The van der Waals surface area contributed by atoms with E-state index in [0.717, 1.165) is 17.5 Å². The van der Waals surface area contributed by atoms with Crippen LogP contribution in [0.25, 0.3) is 0 Å². The van der Waals surface area contributed by atoms with E-state index in [1.165, 1.54) is 5.56 Å². The molecule has 0 amide bonds. The lowest BCUT2D eigenvalue weighted by molar-refractivity contribution is -0.143. The Kier molecular flexibility index (Phi) is 4.57. The third-order valence-electron chi connectivity index (χ3n) is 3.84. The van der Waals surface area contributed by atoms with Gasteiger partial charge in [0, 0.05) is 6.54 Å². The van der Waals surface area contributed by atoms with E-state index in [0.29, 0.717) is 6.42 Å². The minimum atomic E-state index is -1.01. The molecular weight excluding hydrogens is 270 g/mol. The van der Waals surface area contributed by atoms with Crippen LogP contribution in [0.4, 0.5) is 0 Å². The van der Waals surface area contributed by atoms with Gasteiger partial charge in [-0.25, -0.2) is 0 Å². The Labute approximate surface area is 123 Å². The van der Waals surface area contributed by atoms with Crippen LogP contribution in [-0.4, -0.2) is 17.6 Å². The second-order valence-corrected chi connectivity index (χ2v) is 5.82. The number of carbonyl (C=O) groups is 1.